The molecule has 1 heterocycles. The van der Waals surface area contributed by atoms with Crippen LogP contribution in [0.2, 0.25) is 0 Å². The lowest BCUT2D eigenvalue weighted by Crippen LogP contribution is -2.11. The van der Waals surface area contributed by atoms with E-state index in [4.69, 9.17) is 5.11 Å². The van der Waals surface area contributed by atoms with Crippen LogP contribution in [0.25, 0.3) is 0 Å². The van der Waals surface area contributed by atoms with Gasteiger partial charge in [-0.3, -0.25) is 4.79 Å². The van der Waals surface area contributed by atoms with Crippen molar-refractivity contribution in [3.63, 3.8) is 0 Å². The van der Waals surface area contributed by atoms with Crippen molar-refractivity contribution in [1.82, 2.24) is 0 Å². The molecule has 0 bridgehead atoms. The number of aliphatic carboxylic acids is 1. The Morgan fingerprint density at radius 2 is 2.20 bits per heavy atom. The zero-order valence-corrected chi connectivity index (χ0v) is 10.7. The average molecular weight is 244 g/mol. The third-order valence-electron chi connectivity index (χ3n) is 2.10. The van der Waals surface area contributed by atoms with Crippen LogP contribution < -0.4 is 0 Å². The first kappa shape index (κ1) is 12.6. The Kier molecular flexibility index (Phi) is 5.19. The van der Waals surface area contributed by atoms with E-state index < -0.39 is 5.97 Å². The molecule has 0 amide bonds. The van der Waals surface area contributed by atoms with Gasteiger partial charge in [0.15, 0.2) is 0 Å². The number of hydrogen-bond acceptors (Lipinski definition) is 3. The number of thioether (sulfide) groups is 1. The lowest BCUT2D eigenvalue weighted by molar-refractivity contribution is -0.140. The first-order chi connectivity index (χ1) is 7.13. The summed E-state index contributed by atoms with van der Waals surface area (Å²) in [5.41, 5.74) is 0. The van der Waals surface area contributed by atoms with E-state index in [2.05, 4.69) is 19.1 Å². The first-order valence-corrected chi connectivity index (χ1v) is 6.98. The number of carbonyl (C=O) groups is 1. The van der Waals surface area contributed by atoms with E-state index in [1.165, 1.54) is 9.75 Å². The van der Waals surface area contributed by atoms with Crippen molar-refractivity contribution in [3.8, 4) is 0 Å². The molecule has 0 spiro atoms. The summed E-state index contributed by atoms with van der Waals surface area (Å²) in [6.07, 6.45) is 1.08. The van der Waals surface area contributed by atoms with Gasteiger partial charge in [0.25, 0.3) is 0 Å². The summed E-state index contributed by atoms with van der Waals surface area (Å²) in [6, 6.07) is 4.29. The van der Waals surface area contributed by atoms with Gasteiger partial charge in [-0.05, 0) is 18.6 Å². The first-order valence-electron chi connectivity index (χ1n) is 5.01. The molecule has 1 atom stereocenters. The minimum atomic E-state index is -0.706. The highest BCUT2D eigenvalue weighted by Crippen LogP contribution is 2.23. The van der Waals surface area contributed by atoms with Crippen molar-refractivity contribution in [2.45, 2.75) is 26.0 Å². The molecule has 2 nitrogen and oxygen atoms in total. The van der Waals surface area contributed by atoms with E-state index in [-0.39, 0.29) is 5.92 Å². The minimum absolute atomic E-state index is 0.249. The maximum Gasteiger partial charge on any atom is 0.307 e. The monoisotopic (exact) mass is 244 g/mol. The fourth-order valence-electron chi connectivity index (χ4n) is 1.10. The fourth-order valence-corrected chi connectivity index (χ4v) is 3.25. The highest BCUT2D eigenvalue weighted by molar-refractivity contribution is 7.98. The Labute approximate surface area is 98.7 Å². The van der Waals surface area contributed by atoms with Crippen LogP contribution in [-0.4, -0.2) is 16.8 Å². The quantitative estimate of drug-likeness (QED) is 0.834. The van der Waals surface area contributed by atoms with Crippen molar-refractivity contribution >= 4 is 29.1 Å². The molecule has 0 radical (unpaired) electrons. The SMILES string of the molecule is CCc1ccc(CSCC(C)C(=O)O)s1. The molecular weight excluding hydrogens is 228 g/mol. The predicted molar refractivity (Wildman–Crippen MR) is 66.7 cm³/mol. The molecule has 0 saturated carbocycles. The maximum atomic E-state index is 10.6. The molecular formula is C11H16O2S2. The zero-order chi connectivity index (χ0) is 11.3. The summed E-state index contributed by atoms with van der Waals surface area (Å²) in [5, 5.41) is 8.71. The number of thiophene rings is 1. The second kappa shape index (κ2) is 6.18. The minimum Gasteiger partial charge on any atom is -0.481 e. The molecule has 15 heavy (non-hydrogen) atoms. The molecule has 1 aromatic heterocycles. The van der Waals surface area contributed by atoms with E-state index in [0.29, 0.717) is 5.75 Å². The van der Waals surface area contributed by atoms with Crippen molar-refractivity contribution in [3.05, 3.63) is 21.9 Å². The van der Waals surface area contributed by atoms with Crippen molar-refractivity contribution < 1.29 is 9.90 Å². The topological polar surface area (TPSA) is 37.3 Å². The molecule has 0 aliphatic rings. The summed E-state index contributed by atoms with van der Waals surface area (Å²) in [5.74, 6) is 0.667. The van der Waals surface area contributed by atoms with E-state index in [0.717, 1.165) is 12.2 Å². The van der Waals surface area contributed by atoms with Crippen LogP contribution in [0.4, 0.5) is 0 Å². The van der Waals surface area contributed by atoms with Crippen LogP contribution in [0.15, 0.2) is 12.1 Å². The van der Waals surface area contributed by atoms with Gasteiger partial charge in [0.2, 0.25) is 0 Å². The number of aryl methyl sites for hydroxylation is 1. The second-order valence-electron chi connectivity index (χ2n) is 3.48. The molecule has 0 aromatic carbocycles. The molecule has 4 heteroatoms. The van der Waals surface area contributed by atoms with E-state index in [1.54, 1.807) is 18.7 Å². The van der Waals surface area contributed by atoms with Crippen LogP contribution in [0.5, 0.6) is 0 Å². The van der Waals surface area contributed by atoms with Crippen LogP contribution in [0, 0.1) is 5.92 Å². The van der Waals surface area contributed by atoms with Gasteiger partial charge in [-0.25, -0.2) is 0 Å². The molecule has 0 saturated heterocycles. The van der Waals surface area contributed by atoms with E-state index >= 15 is 0 Å². The molecule has 0 aliphatic heterocycles. The Hall–Kier alpha value is -0.480. The standard InChI is InChI=1S/C11H16O2S2/c1-3-9-4-5-10(15-9)7-14-6-8(2)11(12)13/h4-5,8H,3,6-7H2,1-2H3,(H,12,13). The largest absolute Gasteiger partial charge is 0.481 e. The zero-order valence-electron chi connectivity index (χ0n) is 9.03. The smallest absolute Gasteiger partial charge is 0.307 e. The summed E-state index contributed by atoms with van der Waals surface area (Å²) in [7, 11) is 0. The van der Waals surface area contributed by atoms with Crippen LogP contribution in [0.3, 0.4) is 0 Å². The number of carboxylic acid groups (broad SMARTS) is 1. The molecule has 84 valence electrons. The summed E-state index contributed by atoms with van der Waals surface area (Å²) in [6.45, 7) is 3.90. The third kappa shape index (κ3) is 4.26. The summed E-state index contributed by atoms with van der Waals surface area (Å²) < 4.78 is 0. The van der Waals surface area contributed by atoms with E-state index in [9.17, 15) is 4.79 Å². The number of carboxylic acids is 1. The van der Waals surface area contributed by atoms with Gasteiger partial charge in [0.1, 0.15) is 0 Å². The number of rotatable bonds is 6. The predicted octanol–water partition coefficient (Wildman–Crippen LogP) is 3.26. The van der Waals surface area contributed by atoms with Gasteiger partial charge in [0.05, 0.1) is 5.92 Å². The van der Waals surface area contributed by atoms with Gasteiger partial charge in [-0.2, -0.15) is 11.8 Å². The number of hydrogen-bond donors (Lipinski definition) is 1. The van der Waals surface area contributed by atoms with Gasteiger partial charge in [0, 0.05) is 21.3 Å². The van der Waals surface area contributed by atoms with Gasteiger partial charge >= 0.3 is 5.97 Å². The van der Waals surface area contributed by atoms with E-state index in [1.807, 2.05) is 11.3 Å². The summed E-state index contributed by atoms with van der Waals surface area (Å²) in [4.78, 5) is 13.3. The molecule has 0 fully saturated rings. The van der Waals surface area contributed by atoms with Crippen molar-refractivity contribution in [2.24, 2.45) is 5.92 Å². The molecule has 1 rings (SSSR count). The Bertz CT molecular complexity index is 320. The van der Waals surface area contributed by atoms with Gasteiger partial charge < -0.3 is 5.11 Å². The Balaban J connectivity index is 2.28. The van der Waals surface area contributed by atoms with Crippen LogP contribution in [0.1, 0.15) is 23.6 Å². The Morgan fingerprint density at radius 3 is 2.73 bits per heavy atom. The third-order valence-corrected chi connectivity index (χ3v) is 4.76. The highest BCUT2D eigenvalue weighted by atomic mass is 32.2. The lowest BCUT2D eigenvalue weighted by atomic mass is 10.2. The Morgan fingerprint density at radius 1 is 1.53 bits per heavy atom. The molecule has 0 aliphatic carbocycles. The second-order valence-corrected chi connectivity index (χ2v) is 5.76. The summed E-state index contributed by atoms with van der Waals surface area (Å²) >= 11 is 3.52. The van der Waals surface area contributed by atoms with Gasteiger partial charge in [-0.1, -0.05) is 13.8 Å². The highest BCUT2D eigenvalue weighted by Gasteiger charge is 2.10. The fraction of sp³-hybridized carbons (Fsp3) is 0.545. The lowest BCUT2D eigenvalue weighted by Gasteiger charge is -2.04. The maximum absolute atomic E-state index is 10.6. The average Bonchev–Trinajstić information content (AvgIpc) is 2.65. The molecule has 1 aromatic rings. The molecule has 1 N–H and O–H groups in total. The van der Waals surface area contributed by atoms with Crippen molar-refractivity contribution in [2.75, 3.05) is 5.75 Å². The van der Waals surface area contributed by atoms with Crippen molar-refractivity contribution in [1.29, 1.82) is 0 Å². The van der Waals surface area contributed by atoms with Crippen LogP contribution in [-0.2, 0) is 17.0 Å². The van der Waals surface area contributed by atoms with Crippen LogP contribution >= 0.6 is 23.1 Å². The normalized spacial score (nSPS) is 12.7. The molecule has 1 unspecified atom stereocenters. The van der Waals surface area contributed by atoms with Gasteiger partial charge in [-0.15, -0.1) is 11.3 Å².